The fourth-order valence-electron chi connectivity index (χ4n) is 3.89. The molecule has 1 aliphatic rings. The van der Waals surface area contributed by atoms with E-state index in [1.807, 2.05) is 0 Å². The van der Waals surface area contributed by atoms with Crippen molar-refractivity contribution in [1.29, 1.82) is 0 Å². The SMILES string of the molecule is Cc1ccc(Nc2ccc3c(c2)C(C)(C)c2ccccc2-3)c(C)c1. The van der Waals surface area contributed by atoms with Crippen LogP contribution in [-0.2, 0) is 5.41 Å². The van der Waals surface area contributed by atoms with Crippen LogP contribution in [0, 0.1) is 13.8 Å². The monoisotopic (exact) mass is 313 g/mol. The van der Waals surface area contributed by atoms with Gasteiger partial charge in [0.1, 0.15) is 0 Å². The number of hydrogen-bond acceptors (Lipinski definition) is 1. The minimum absolute atomic E-state index is 0.0476. The molecule has 0 radical (unpaired) electrons. The summed E-state index contributed by atoms with van der Waals surface area (Å²) < 4.78 is 0. The maximum Gasteiger partial charge on any atom is 0.0414 e. The van der Waals surface area contributed by atoms with Gasteiger partial charge in [-0.15, -0.1) is 0 Å². The largest absolute Gasteiger partial charge is 0.355 e. The molecule has 0 amide bonds. The van der Waals surface area contributed by atoms with E-state index in [4.69, 9.17) is 0 Å². The van der Waals surface area contributed by atoms with E-state index >= 15 is 0 Å². The Kier molecular flexibility index (Phi) is 3.28. The van der Waals surface area contributed by atoms with Crippen LogP contribution in [0.1, 0.15) is 36.1 Å². The molecule has 0 saturated heterocycles. The van der Waals surface area contributed by atoms with Gasteiger partial charge in [0.2, 0.25) is 0 Å². The lowest BCUT2D eigenvalue weighted by molar-refractivity contribution is 0.660. The summed E-state index contributed by atoms with van der Waals surface area (Å²) in [5.74, 6) is 0. The van der Waals surface area contributed by atoms with Crippen molar-refractivity contribution in [1.82, 2.24) is 0 Å². The second-order valence-electron chi connectivity index (χ2n) is 7.37. The first-order valence-electron chi connectivity index (χ1n) is 8.55. The van der Waals surface area contributed by atoms with Crippen LogP contribution >= 0.6 is 0 Å². The summed E-state index contributed by atoms with van der Waals surface area (Å²) in [6.45, 7) is 8.92. The van der Waals surface area contributed by atoms with Crippen LogP contribution in [0.5, 0.6) is 0 Å². The van der Waals surface area contributed by atoms with Gasteiger partial charge in [-0.3, -0.25) is 0 Å². The van der Waals surface area contributed by atoms with Crippen LogP contribution in [0.15, 0.2) is 60.7 Å². The molecule has 3 aromatic rings. The maximum atomic E-state index is 3.59. The van der Waals surface area contributed by atoms with E-state index in [1.54, 1.807) is 0 Å². The standard InChI is InChI=1S/C23H23N/c1-15-9-12-22(16(2)13-15)24-17-10-11-19-18-7-5-6-8-20(18)23(3,4)21(19)14-17/h5-14,24H,1-4H3. The number of nitrogens with one attached hydrogen (secondary N) is 1. The van der Waals surface area contributed by atoms with Gasteiger partial charge >= 0.3 is 0 Å². The average Bonchev–Trinajstić information content (AvgIpc) is 2.79. The number of hydrogen-bond donors (Lipinski definition) is 1. The lowest BCUT2D eigenvalue weighted by atomic mass is 9.82. The second kappa shape index (κ2) is 5.24. The lowest BCUT2D eigenvalue weighted by Crippen LogP contribution is -2.15. The number of rotatable bonds is 2. The van der Waals surface area contributed by atoms with Gasteiger partial charge in [-0.2, -0.15) is 0 Å². The number of benzene rings is 3. The fraction of sp³-hybridized carbons (Fsp3) is 0.217. The molecule has 120 valence electrons. The van der Waals surface area contributed by atoms with Crippen LogP contribution in [0.25, 0.3) is 11.1 Å². The Labute approximate surface area is 144 Å². The first-order valence-corrected chi connectivity index (χ1v) is 8.55. The van der Waals surface area contributed by atoms with Crippen LogP contribution in [-0.4, -0.2) is 0 Å². The Morgan fingerprint density at radius 3 is 2.29 bits per heavy atom. The van der Waals surface area contributed by atoms with Gasteiger partial charge in [0.15, 0.2) is 0 Å². The van der Waals surface area contributed by atoms with E-state index in [-0.39, 0.29) is 5.41 Å². The van der Waals surface area contributed by atoms with Crippen molar-refractivity contribution in [2.45, 2.75) is 33.1 Å². The van der Waals surface area contributed by atoms with Crippen LogP contribution in [0.3, 0.4) is 0 Å². The van der Waals surface area contributed by atoms with E-state index in [0.29, 0.717) is 0 Å². The Balaban J connectivity index is 1.76. The molecule has 0 aromatic heterocycles. The molecule has 1 heteroatoms. The van der Waals surface area contributed by atoms with Gasteiger partial charge < -0.3 is 5.32 Å². The third kappa shape index (κ3) is 2.24. The molecule has 24 heavy (non-hydrogen) atoms. The van der Waals surface area contributed by atoms with Gasteiger partial charge in [0, 0.05) is 16.8 Å². The van der Waals surface area contributed by atoms with E-state index in [9.17, 15) is 0 Å². The average molecular weight is 313 g/mol. The van der Waals surface area contributed by atoms with Gasteiger partial charge in [0.05, 0.1) is 0 Å². The molecular weight excluding hydrogens is 290 g/mol. The number of fused-ring (bicyclic) bond motifs is 3. The summed E-state index contributed by atoms with van der Waals surface area (Å²) in [5, 5.41) is 3.59. The molecule has 1 N–H and O–H groups in total. The third-order valence-corrected chi connectivity index (χ3v) is 5.24. The zero-order valence-corrected chi connectivity index (χ0v) is 14.8. The van der Waals surface area contributed by atoms with Crippen molar-refractivity contribution < 1.29 is 0 Å². The lowest BCUT2D eigenvalue weighted by Gasteiger charge is -2.22. The first-order chi connectivity index (χ1) is 11.5. The van der Waals surface area contributed by atoms with Crippen molar-refractivity contribution >= 4 is 11.4 Å². The Morgan fingerprint density at radius 2 is 1.50 bits per heavy atom. The molecule has 0 spiro atoms. The third-order valence-electron chi connectivity index (χ3n) is 5.24. The van der Waals surface area contributed by atoms with Gasteiger partial charge in [-0.25, -0.2) is 0 Å². The summed E-state index contributed by atoms with van der Waals surface area (Å²) in [7, 11) is 0. The van der Waals surface area contributed by atoms with E-state index in [0.717, 1.165) is 5.69 Å². The summed E-state index contributed by atoms with van der Waals surface area (Å²) in [5.41, 5.74) is 10.5. The molecule has 0 fully saturated rings. The highest BCUT2D eigenvalue weighted by Gasteiger charge is 2.35. The molecule has 0 bridgehead atoms. The molecule has 4 rings (SSSR count). The second-order valence-corrected chi connectivity index (χ2v) is 7.37. The number of aryl methyl sites for hydroxylation is 2. The van der Waals surface area contributed by atoms with Gasteiger partial charge in [-0.1, -0.05) is 61.9 Å². The van der Waals surface area contributed by atoms with Crippen molar-refractivity contribution in [3.8, 4) is 11.1 Å². The zero-order valence-electron chi connectivity index (χ0n) is 14.8. The summed E-state index contributed by atoms with van der Waals surface area (Å²) in [6, 6.07) is 22.1. The van der Waals surface area contributed by atoms with E-state index in [1.165, 1.54) is 39.1 Å². The smallest absolute Gasteiger partial charge is 0.0414 e. The topological polar surface area (TPSA) is 12.0 Å². The quantitative estimate of drug-likeness (QED) is 0.581. The highest BCUT2D eigenvalue weighted by molar-refractivity contribution is 5.83. The first kappa shape index (κ1) is 15.0. The molecule has 0 atom stereocenters. The molecule has 0 unspecified atom stereocenters. The molecule has 1 aliphatic carbocycles. The Morgan fingerprint density at radius 1 is 0.750 bits per heavy atom. The van der Waals surface area contributed by atoms with Crippen LogP contribution < -0.4 is 5.32 Å². The highest BCUT2D eigenvalue weighted by atomic mass is 14.9. The van der Waals surface area contributed by atoms with Crippen LogP contribution in [0.4, 0.5) is 11.4 Å². The van der Waals surface area contributed by atoms with Crippen molar-refractivity contribution in [3.63, 3.8) is 0 Å². The van der Waals surface area contributed by atoms with Crippen molar-refractivity contribution in [3.05, 3.63) is 82.9 Å². The molecule has 0 saturated carbocycles. The van der Waals surface area contributed by atoms with E-state index < -0.39 is 0 Å². The minimum Gasteiger partial charge on any atom is -0.355 e. The zero-order chi connectivity index (χ0) is 16.9. The molecule has 0 heterocycles. The van der Waals surface area contributed by atoms with E-state index in [2.05, 4.69) is 93.7 Å². The molecule has 3 aromatic carbocycles. The summed E-state index contributed by atoms with van der Waals surface area (Å²) in [4.78, 5) is 0. The molecule has 0 aliphatic heterocycles. The normalized spacial score (nSPS) is 14.2. The number of anilines is 2. The maximum absolute atomic E-state index is 3.59. The Bertz CT molecular complexity index is 935. The molecule has 1 nitrogen and oxygen atoms in total. The summed E-state index contributed by atoms with van der Waals surface area (Å²) in [6.07, 6.45) is 0. The van der Waals surface area contributed by atoms with Crippen molar-refractivity contribution in [2.24, 2.45) is 0 Å². The minimum atomic E-state index is 0.0476. The predicted octanol–water partition coefficient (Wildman–Crippen LogP) is 6.35. The molecular formula is C23H23N. The van der Waals surface area contributed by atoms with Crippen molar-refractivity contribution in [2.75, 3.05) is 5.32 Å². The highest BCUT2D eigenvalue weighted by Crippen LogP contribution is 2.49. The van der Waals surface area contributed by atoms with Gasteiger partial charge in [0.25, 0.3) is 0 Å². The van der Waals surface area contributed by atoms with Gasteiger partial charge in [-0.05, 0) is 59.9 Å². The Hall–Kier alpha value is -2.54. The van der Waals surface area contributed by atoms with Crippen LogP contribution in [0.2, 0.25) is 0 Å². The fourth-order valence-corrected chi connectivity index (χ4v) is 3.89. The predicted molar refractivity (Wildman–Crippen MR) is 103 cm³/mol. The summed E-state index contributed by atoms with van der Waals surface area (Å²) >= 11 is 0.